The van der Waals surface area contributed by atoms with E-state index in [1.807, 2.05) is 43.3 Å². The van der Waals surface area contributed by atoms with Gasteiger partial charge in [-0.25, -0.2) is 0 Å². The molecule has 0 aliphatic heterocycles. The number of ketones is 2. The molecule has 0 bridgehead atoms. The molecule has 0 radical (unpaired) electrons. The molecule has 7 N–H and O–H groups in total. The maximum atomic E-state index is 14.2. The van der Waals surface area contributed by atoms with Crippen molar-refractivity contribution >= 4 is 46.4 Å². The monoisotopic (exact) mass is 650 g/mol. The van der Waals surface area contributed by atoms with Gasteiger partial charge in [0, 0.05) is 47.5 Å². The highest BCUT2D eigenvalue weighted by molar-refractivity contribution is 8.00. The van der Waals surface area contributed by atoms with Crippen LogP contribution in [-0.2, 0) is 27.3 Å². The van der Waals surface area contributed by atoms with Crippen LogP contribution in [0.1, 0.15) is 43.9 Å². The molecule has 1 saturated carbocycles. The van der Waals surface area contributed by atoms with E-state index in [2.05, 4.69) is 26.1 Å². The summed E-state index contributed by atoms with van der Waals surface area (Å²) in [6, 6.07) is 8.62. The maximum Gasteiger partial charge on any atom is 0.255 e. The van der Waals surface area contributed by atoms with E-state index in [0.29, 0.717) is 23.5 Å². The Morgan fingerprint density at radius 2 is 1.76 bits per heavy atom. The van der Waals surface area contributed by atoms with Crippen molar-refractivity contribution < 1.29 is 34.8 Å². The van der Waals surface area contributed by atoms with Gasteiger partial charge < -0.3 is 36.4 Å². The number of aliphatic hydroxyl groups excluding tert-OH is 2. The number of benzene rings is 2. The maximum absolute atomic E-state index is 14.2. The lowest BCUT2D eigenvalue weighted by molar-refractivity contribution is -0.153. The summed E-state index contributed by atoms with van der Waals surface area (Å²) in [5.41, 5.74) is 4.41. The molecular weight excluding hydrogens is 608 g/mol. The number of nitrogens with zero attached hydrogens (tertiary/aromatic N) is 2. The summed E-state index contributed by atoms with van der Waals surface area (Å²) >= 11 is 1.73. The van der Waals surface area contributed by atoms with Gasteiger partial charge in [-0.15, -0.1) is 11.8 Å². The van der Waals surface area contributed by atoms with Gasteiger partial charge in [-0.2, -0.15) is 0 Å². The number of rotatable bonds is 7. The second-order valence-corrected chi connectivity index (χ2v) is 15.5. The number of nitrogens with one attached hydrogen (secondary N) is 1. The lowest BCUT2D eigenvalue weighted by atomic mass is 9.57. The molecule has 4 atom stereocenters. The predicted molar refractivity (Wildman–Crippen MR) is 178 cm³/mol. The smallest absolute Gasteiger partial charge is 0.255 e. The van der Waals surface area contributed by atoms with Crippen LogP contribution in [0.15, 0.2) is 52.1 Å². The zero-order chi connectivity index (χ0) is 34.0. The number of phenolic OH excluding ortho intramolecular Hbond substituents is 1. The minimum absolute atomic E-state index is 0.0215. The Morgan fingerprint density at radius 3 is 2.35 bits per heavy atom. The number of Topliss-reactive ketones (excluding diaryl/α,β-unsaturated/α-hetero) is 2. The van der Waals surface area contributed by atoms with Crippen molar-refractivity contribution in [2.24, 2.45) is 17.6 Å². The van der Waals surface area contributed by atoms with Crippen molar-refractivity contribution in [2.75, 3.05) is 38.4 Å². The Labute approximate surface area is 272 Å². The molecule has 11 nitrogen and oxygen atoms in total. The number of anilines is 2. The van der Waals surface area contributed by atoms with Gasteiger partial charge in [-0.3, -0.25) is 19.3 Å². The third-order valence-electron chi connectivity index (χ3n) is 9.04. The fourth-order valence-electron chi connectivity index (χ4n) is 7.10. The molecule has 0 aromatic heterocycles. The third kappa shape index (κ3) is 5.31. The summed E-state index contributed by atoms with van der Waals surface area (Å²) in [4.78, 5) is 44.2. The number of phenols is 1. The van der Waals surface area contributed by atoms with E-state index in [-0.39, 0.29) is 34.5 Å². The fourth-order valence-corrected chi connectivity index (χ4v) is 8.17. The average molecular weight is 651 g/mol. The van der Waals surface area contributed by atoms with E-state index < -0.39 is 58.0 Å². The third-order valence-corrected chi connectivity index (χ3v) is 10.3. The van der Waals surface area contributed by atoms with Gasteiger partial charge >= 0.3 is 0 Å². The zero-order valence-corrected chi connectivity index (χ0v) is 28.0. The molecule has 0 heterocycles. The summed E-state index contributed by atoms with van der Waals surface area (Å²) in [5.74, 6) is -6.77. The lowest BCUT2D eigenvalue weighted by Crippen LogP contribution is -2.65. The second kappa shape index (κ2) is 11.7. The molecule has 1 unspecified atom stereocenters. The molecule has 12 heteroatoms. The van der Waals surface area contributed by atoms with E-state index in [9.17, 15) is 34.8 Å². The topological polar surface area (TPSA) is 177 Å². The van der Waals surface area contributed by atoms with Gasteiger partial charge in [0.25, 0.3) is 5.91 Å². The molecule has 246 valence electrons. The number of amides is 1. The number of likely N-dealkylation sites (N-methyl/N-ethyl adjacent to an activating group) is 1. The summed E-state index contributed by atoms with van der Waals surface area (Å²) in [6.45, 7) is 6.76. The minimum atomic E-state index is -2.69. The Balaban J connectivity index is 1.63. The molecule has 2 aromatic carbocycles. The van der Waals surface area contributed by atoms with Gasteiger partial charge in [-0.1, -0.05) is 39.0 Å². The van der Waals surface area contributed by atoms with E-state index >= 15 is 0 Å². The number of aromatic hydroxyl groups is 1. The Morgan fingerprint density at radius 1 is 1.11 bits per heavy atom. The lowest BCUT2D eigenvalue weighted by Gasteiger charge is -2.50. The fraction of sp³-hybridized carbons (Fsp3) is 0.441. The van der Waals surface area contributed by atoms with E-state index in [1.54, 1.807) is 31.9 Å². The van der Waals surface area contributed by atoms with E-state index in [1.165, 1.54) is 4.90 Å². The van der Waals surface area contributed by atoms with Crippen molar-refractivity contribution in [1.29, 1.82) is 0 Å². The molecule has 3 aliphatic rings. The number of carbonyl (C=O) groups excluding carboxylic acids is 3. The molecule has 46 heavy (non-hydrogen) atoms. The number of carbonyl (C=O) groups is 3. The molecule has 1 fully saturated rings. The number of thioether (sulfide) groups is 1. The van der Waals surface area contributed by atoms with Gasteiger partial charge in [0.15, 0.2) is 11.4 Å². The average Bonchev–Trinajstić information content (AvgIpc) is 2.94. The molecule has 0 saturated heterocycles. The highest BCUT2D eigenvalue weighted by Crippen LogP contribution is 2.54. The Bertz CT molecular complexity index is 1710. The van der Waals surface area contributed by atoms with Gasteiger partial charge in [0.05, 0.1) is 17.3 Å². The number of hydrogen-bond donors (Lipinski definition) is 6. The van der Waals surface area contributed by atoms with Crippen LogP contribution in [0.3, 0.4) is 0 Å². The number of primary amides is 1. The molecule has 3 aliphatic carbocycles. The summed E-state index contributed by atoms with van der Waals surface area (Å²) in [7, 11) is 6.82. The summed E-state index contributed by atoms with van der Waals surface area (Å²) in [6.07, 6.45) is 0.239. The van der Waals surface area contributed by atoms with Crippen LogP contribution >= 0.6 is 11.8 Å². The molecular formula is C34H42N4O7S. The first kappa shape index (κ1) is 33.4. The van der Waals surface area contributed by atoms with Gasteiger partial charge in [0.1, 0.15) is 22.8 Å². The van der Waals surface area contributed by atoms with Crippen molar-refractivity contribution in [3.05, 3.63) is 63.9 Å². The van der Waals surface area contributed by atoms with Crippen LogP contribution in [0, 0.1) is 11.8 Å². The highest BCUT2D eigenvalue weighted by Gasteiger charge is 2.64. The number of nitrogens with two attached hydrogens (primary N) is 1. The normalized spacial score (nSPS) is 24.5. The van der Waals surface area contributed by atoms with Crippen LogP contribution in [0.5, 0.6) is 5.75 Å². The number of aliphatic hydroxyl groups is 3. The quantitative estimate of drug-likeness (QED) is 0.147. The zero-order valence-electron chi connectivity index (χ0n) is 27.1. The number of fused-ring (bicyclic) bond motifs is 3. The SMILES string of the molecule is CN(C)c1cc(NCc2ccccc2SC(C)(C)C)c(O)c2c1C[C@H]1C[C@H]3C(N(C)C)C(=O)C(C(N)=O)=C(O)[C@@]3(O)C(=O)C1=C2O. The standard InChI is InChI=1S/C34H42N4O7S/c1-33(2,3)46-22-11-9-8-10-16(22)15-36-20-14-21(37(4)5)18-12-17-13-19-26(38(6)7)29(41)25(32(35)44)31(43)34(19,45)30(42)23(17)28(40)24(18)27(20)39/h8-11,14,17,19,26,36,39-40,43,45H,12-13,15H2,1-7H3,(H2,35,44)/t17-,19-,26?,34-/m0/s1. The van der Waals surface area contributed by atoms with Crippen LogP contribution in [0.25, 0.3) is 5.76 Å². The minimum Gasteiger partial charge on any atom is -0.508 e. The van der Waals surface area contributed by atoms with Gasteiger partial charge in [0.2, 0.25) is 5.78 Å². The molecule has 2 aromatic rings. The van der Waals surface area contributed by atoms with Crippen molar-refractivity contribution in [3.8, 4) is 5.75 Å². The van der Waals surface area contributed by atoms with E-state index in [4.69, 9.17) is 5.73 Å². The van der Waals surface area contributed by atoms with Crippen LogP contribution in [0.2, 0.25) is 0 Å². The van der Waals surface area contributed by atoms with Crippen LogP contribution in [0.4, 0.5) is 11.4 Å². The Kier molecular flexibility index (Phi) is 8.46. The van der Waals surface area contributed by atoms with Crippen molar-refractivity contribution in [2.45, 2.75) is 61.4 Å². The van der Waals surface area contributed by atoms with E-state index in [0.717, 1.165) is 10.5 Å². The largest absolute Gasteiger partial charge is 0.508 e. The van der Waals surface area contributed by atoms with Crippen molar-refractivity contribution in [1.82, 2.24) is 4.90 Å². The first-order valence-electron chi connectivity index (χ1n) is 15.1. The molecule has 0 spiro atoms. The number of hydrogen-bond acceptors (Lipinski definition) is 11. The molecule has 5 rings (SSSR count). The van der Waals surface area contributed by atoms with Gasteiger partial charge in [-0.05, 0) is 56.1 Å². The Hall–Kier alpha value is -4.00. The summed E-state index contributed by atoms with van der Waals surface area (Å²) in [5, 5.41) is 49.7. The van der Waals surface area contributed by atoms with Crippen molar-refractivity contribution in [3.63, 3.8) is 0 Å². The second-order valence-electron chi connectivity index (χ2n) is 13.7. The first-order chi connectivity index (χ1) is 21.4. The summed E-state index contributed by atoms with van der Waals surface area (Å²) < 4.78 is -0.0215. The predicted octanol–water partition coefficient (Wildman–Crippen LogP) is 3.53. The van der Waals surface area contributed by atoms with Crippen LogP contribution in [-0.4, -0.2) is 87.4 Å². The first-order valence-corrected chi connectivity index (χ1v) is 15.9. The molecule has 1 amide bonds. The highest BCUT2D eigenvalue weighted by atomic mass is 32.2. The van der Waals surface area contributed by atoms with Crippen LogP contribution < -0.4 is 16.0 Å².